The summed E-state index contributed by atoms with van der Waals surface area (Å²) in [7, 11) is 0. The minimum absolute atomic E-state index is 0.567. The standard InChI is InChI=1S/C14H23N3/c1-11(2)12-3-4-14(15)13(9-12)10-17-7-5-16-6-8-17/h3-4,9,11,16H,5-8,10,15H2,1-2H3. The summed E-state index contributed by atoms with van der Waals surface area (Å²) in [6, 6.07) is 6.45. The van der Waals surface area contributed by atoms with Gasteiger partial charge in [-0.25, -0.2) is 0 Å². The van der Waals surface area contributed by atoms with E-state index in [4.69, 9.17) is 5.73 Å². The summed E-state index contributed by atoms with van der Waals surface area (Å²) < 4.78 is 0. The van der Waals surface area contributed by atoms with Crippen LogP contribution < -0.4 is 11.1 Å². The van der Waals surface area contributed by atoms with E-state index >= 15 is 0 Å². The fourth-order valence-electron chi connectivity index (χ4n) is 2.23. The number of nitrogens with zero attached hydrogens (tertiary/aromatic N) is 1. The van der Waals surface area contributed by atoms with Gasteiger partial charge in [0.15, 0.2) is 0 Å². The van der Waals surface area contributed by atoms with E-state index in [0.717, 1.165) is 38.4 Å². The van der Waals surface area contributed by atoms with Gasteiger partial charge in [0.1, 0.15) is 0 Å². The highest BCUT2D eigenvalue weighted by molar-refractivity contribution is 5.49. The molecule has 1 saturated heterocycles. The molecule has 0 spiro atoms. The maximum Gasteiger partial charge on any atom is 0.0359 e. The molecule has 1 fully saturated rings. The Balaban J connectivity index is 2.10. The lowest BCUT2D eigenvalue weighted by Gasteiger charge is -2.28. The lowest BCUT2D eigenvalue weighted by molar-refractivity contribution is 0.233. The van der Waals surface area contributed by atoms with E-state index in [-0.39, 0.29) is 0 Å². The zero-order valence-electron chi connectivity index (χ0n) is 10.9. The highest BCUT2D eigenvalue weighted by Gasteiger charge is 2.12. The second-order valence-electron chi connectivity index (χ2n) is 5.14. The molecule has 0 bridgehead atoms. The maximum absolute atomic E-state index is 6.06. The minimum atomic E-state index is 0.567. The van der Waals surface area contributed by atoms with Gasteiger partial charge < -0.3 is 11.1 Å². The Morgan fingerprint density at radius 1 is 1.29 bits per heavy atom. The van der Waals surface area contributed by atoms with Crippen LogP contribution in [0.1, 0.15) is 30.9 Å². The Hall–Kier alpha value is -1.06. The molecule has 1 aliphatic heterocycles. The van der Waals surface area contributed by atoms with Crippen LogP contribution in [0.2, 0.25) is 0 Å². The fraction of sp³-hybridized carbons (Fsp3) is 0.571. The molecular weight excluding hydrogens is 210 g/mol. The van der Waals surface area contributed by atoms with E-state index in [1.165, 1.54) is 11.1 Å². The Morgan fingerprint density at radius 3 is 2.65 bits per heavy atom. The average Bonchev–Trinajstić information content (AvgIpc) is 2.33. The molecule has 0 atom stereocenters. The van der Waals surface area contributed by atoms with Crippen molar-refractivity contribution in [2.75, 3.05) is 31.9 Å². The summed E-state index contributed by atoms with van der Waals surface area (Å²) in [4.78, 5) is 2.46. The molecule has 1 aromatic carbocycles. The van der Waals surface area contributed by atoms with E-state index in [2.05, 4.69) is 36.2 Å². The average molecular weight is 233 g/mol. The first-order valence-corrected chi connectivity index (χ1v) is 6.48. The number of nitrogens with one attached hydrogen (secondary N) is 1. The number of anilines is 1. The summed E-state index contributed by atoms with van der Waals surface area (Å²) in [6.07, 6.45) is 0. The number of piperazine rings is 1. The van der Waals surface area contributed by atoms with Gasteiger partial charge in [-0.2, -0.15) is 0 Å². The topological polar surface area (TPSA) is 41.3 Å². The summed E-state index contributed by atoms with van der Waals surface area (Å²) in [5.41, 5.74) is 9.64. The molecule has 3 nitrogen and oxygen atoms in total. The van der Waals surface area contributed by atoms with Gasteiger partial charge in [0.2, 0.25) is 0 Å². The van der Waals surface area contributed by atoms with Gasteiger partial charge in [-0.15, -0.1) is 0 Å². The number of rotatable bonds is 3. The van der Waals surface area contributed by atoms with Crippen LogP contribution in [0.25, 0.3) is 0 Å². The second kappa shape index (κ2) is 5.52. The van der Waals surface area contributed by atoms with Crippen LogP contribution in [0.5, 0.6) is 0 Å². The predicted molar refractivity (Wildman–Crippen MR) is 73.1 cm³/mol. The molecule has 1 aliphatic rings. The van der Waals surface area contributed by atoms with Gasteiger partial charge in [-0.1, -0.05) is 26.0 Å². The van der Waals surface area contributed by atoms with Crippen LogP contribution in [0.15, 0.2) is 18.2 Å². The molecule has 17 heavy (non-hydrogen) atoms. The molecule has 2 rings (SSSR count). The Morgan fingerprint density at radius 2 is 2.00 bits per heavy atom. The first-order chi connectivity index (χ1) is 8.16. The SMILES string of the molecule is CC(C)c1ccc(N)c(CN2CCNCC2)c1. The molecule has 3 N–H and O–H groups in total. The first-order valence-electron chi connectivity index (χ1n) is 6.48. The minimum Gasteiger partial charge on any atom is -0.398 e. The molecule has 94 valence electrons. The van der Waals surface area contributed by atoms with Crippen LogP contribution in [0, 0.1) is 0 Å². The Bertz CT molecular complexity index is 368. The van der Waals surface area contributed by atoms with Crippen molar-refractivity contribution >= 4 is 5.69 Å². The maximum atomic E-state index is 6.06. The molecule has 1 aromatic rings. The van der Waals surface area contributed by atoms with Crippen molar-refractivity contribution in [3.05, 3.63) is 29.3 Å². The number of benzene rings is 1. The number of nitrogens with two attached hydrogens (primary N) is 1. The van der Waals surface area contributed by atoms with Crippen LogP contribution in [0.4, 0.5) is 5.69 Å². The van der Waals surface area contributed by atoms with Crippen LogP contribution in [-0.4, -0.2) is 31.1 Å². The molecule has 1 heterocycles. The number of hydrogen-bond acceptors (Lipinski definition) is 3. The number of nitrogen functional groups attached to an aromatic ring is 1. The largest absolute Gasteiger partial charge is 0.398 e. The van der Waals surface area contributed by atoms with Crippen molar-refractivity contribution < 1.29 is 0 Å². The summed E-state index contributed by atoms with van der Waals surface area (Å²) in [5, 5.41) is 3.37. The lowest BCUT2D eigenvalue weighted by Crippen LogP contribution is -2.43. The van der Waals surface area contributed by atoms with Gasteiger partial charge >= 0.3 is 0 Å². The molecule has 3 heteroatoms. The van der Waals surface area contributed by atoms with Crippen LogP contribution >= 0.6 is 0 Å². The van der Waals surface area contributed by atoms with Gasteiger partial charge in [-0.3, -0.25) is 4.90 Å². The third-order valence-corrected chi connectivity index (χ3v) is 3.44. The van der Waals surface area contributed by atoms with Gasteiger partial charge in [0.05, 0.1) is 0 Å². The highest BCUT2D eigenvalue weighted by Crippen LogP contribution is 2.21. The van der Waals surface area contributed by atoms with Crippen LogP contribution in [0.3, 0.4) is 0 Å². The summed E-state index contributed by atoms with van der Waals surface area (Å²) >= 11 is 0. The predicted octanol–water partition coefficient (Wildman–Crippen LogP) is 1.80. The smallest absolute Gasteiger partial charge is 0.0359 e. The molecule has 0 amide bonds. The van der Waals surface area contributed by atoms with Crippen molar-refractivity contribution in [2.45, 2.75) is 26.3 Å². The van der Waals surface area contributed by atoms with E-state index in [9.17, 15) is 0 Å². The quantitative estimate of drug-likeness (QED) is 0.782. The summed E-state index contributed by atoms with van der Waals surface area (Å²) in [5.74, 6) is 0.567. The number of hydrogen-bond donors (Lipinski definition) is 2. The normalized spacial score (nSPS) is 17.6. The molecule has 0 saturated carbocycles. The van der Waals surface area contributed by atoms with Crippen molar-refractivity contribution in [3.8, 4) is 0 Å². The monoisotopic (exact) mass is 233 g/mol. The first kappa shape index (κ1) is 12.4. The molecule has 0 aliphatic carbocycles. The Kier molecular flexibility index (Phi) is 4.02. The molecule has 0 aromatic heterocycles. The van der Waals surface area contributed by atoms with Gasteiger partial charge in [0, 0.05) is 38.4 Å². The Labute approximate surface area is 104 Å². The fourth-order valence-corrected chi connectivity index (χ4v) is 2.23. The third-order valence-electron chi connectivity index (χ3n) is 3.44. The van der Waals surface area contributed by atoms with Gasteiger partial charge in [-0.05, 0) is 23.1 Å². The van der Waals surface area contributed by atoms with E-state index in [0.29, 0.717) is 5.92 Å². The van der Waals surface area contributed by atoms with E-state index in [1.54, 1.807) is 0 Å². The lowest BCUT2D eigenvalue weighted by atomic mass is 9.99. The van der Waals surface area contributed by atoms with Crippen molar-refractivity contribution in [2.24, 2.45) is 0 Å². The van der Waals surface area contributed by atoms with Crippen molar-refractivity contribution in [1.29, 1.82) is 0 Å². The molecular formula is C14H23N3. The zero-order chi connectivity index (χ0) is 12.3. The van der Waals surface area contributed by atoms with Crippen molar-refractivity contribution in [1.82, 2.24) is 10.2 Å². The highest BCUT2D eigenvalue weighted by atomic mass is 15.2. The van der Waals surface area contributed by atoms with Gasteiger partial charge in [0.25, 0.3) is 0 Å². The van der Waals surface area contributed by atoms with E-state index < -0.39 is 0 Å². The van der Waals surface area contributed by atoms with E-state index in [1.807, 2.05) is 6.07 Å². The molecule has 0 unspecified atom stereocenters. The molecule has 0 radical (unpaired) electrons. The van der Waals surface area contributed by atoms with Crippen LogP contribution in [-0.2, 0) is 6.54 Å². The zero-order valence-corrected chi connectivity index (χ0v) is 10.9. The third kappa shape index (κ3) is 3.20. The second-order valence-corrected chi connectivity index (χ2v) is 5.14. The van der Waals surface area contributed by atoms with Crippen molar-refractivity contribution in [3.63, 3.8) is 0 Å². The summed E-state index contributed by atoms with van der Waals surface area (Å²) in [6.45, 7) is 9.83.